The van der Waals surface area contributed by atoms with Crippen molar-refractivity contribution in [3.05, 3.63) is 21.9 Å². The number of nitrogens with zero attached hydrogens (tertiary/aromatic N) is 1. The van der Waals surface area contributed by atoms with Gasteiger partial charge in [-0.25, -0.2) is 0 Å². The third-order valence-corrected chi connectivity index (χ3v) is 3.27. The summed E-state index contributed by atoms with van der Waals surface area (Å²) >= 11 is 1.64. The molecule has 0 aliphatic rings. The fourth-order valence-electron chi connectivity index (χ4n) is 0.942. The van der Waals surface area contributed by atoms with Crippen LogP contribution in [-0.2, 0) is 5.41 Å². The molecular formula is C9H15N3S. The Kier molecular flexibility index (Phi) is 2.61. The summed E-state index contributed by atoms with van der Waals surface area (Å²) < 4.78 is 0. The second kappa shape index (κ2) is 3.38. The molecule has 4 heteroatoms. The molecule has 0 saturated heterocycles. The van der Waals surface area contributed by atoms with Crippen LogP contribution in [0, 0.1) is 0 Å². The molecule has 0 unspecified atom stereocenters. The molecule has 0 aliphatic heterocycles. The van der Waals surface area contributed by atoms with Crippen LogP contribution in [0.5, 0.6) is 0 Å². The van der Waals surface area contributed by atoms with Gasteiger partial charge >= 0.3 is 0 Å². The van der Waals surface area contributed by atoms with E-state index < -0.39 is 0 Å². The van der Waals surface area contributed by atoms with Crippen LogP contribution in [0.15, 0.2) is 17.2 Å². The van der Waals surface area contributed by atoms with E-state index >= 15 is 0 Å². The lowest BCUT2D eigenvalue weighted by Gasteiger charge is -2.15. The normalized spacial score (nSPS) is 13.3. The van der Waals surface area contributed by atoms with E-state index in [2.05, 4.69) is 31.9 Å². The molecule has 4 N–H and O–H groups in total. The van der Waals surface area contributed by atoms with Gasteiger partial charge in [-0.05, 0) is 17.5 Å². The standard InChI is InChI=1S/C9H15N3S/c1-9(2,3)7-5-4-6(13-7)8(10)12-11/h4-5H,11H2,1-3H3,(H2,10,12). The minimum atomic E-state index is 0.164. The second-order valence-corrected chi connectivity index (χ2v) is 5.01. The Morgan fingerprint density at radius 1 is 1.38 bits per heavy atom. The molecule has 0 spiro atoms. The maximum Gasteiger partial charge on any atom is 0.160 e. The van der Waals surface area contributed by atoms with Gasteiger partial charge in [0, 0.05) is 4.88 Å². The third-order valence-electron chi connectivity index (χ3n) is 1.74. The van der Waals surface area contributed by atoms with Gasteiger partial charge in [0.25, 0.3) is 0 Å². The zero-order valence-electron chi connectivity index (χ0n) is 8.16. The van der Waals surface area contributed by atoms with E-state index in [-0.39, 0.29) is 5.41 Å². The van der Waals surface area contributed by atoms with Gasteiger partial charge in [-0.3, -0.25) is 0 Å². The Balaban J connectivity index is 3.00. The quantitative estimate of drug-likeness (QED) is 0.311. The number of hydrazone groups is 1. The highest BCUT2D eigenvalue weighted by atomic mass is 32.1. The summed E-state index contributed by atoms with van der Waals surface area (Å²) in [4.78, 5) is 2.22. The molecule has 0 fully saturated rings. The summed E-state index contributed by atoms with van der Waals surface area (Å²) in [6.45, 7) is 6.50. The Morgan fingerprint density at radius 2 is 2.00 bits per heavy atom. The second-order valence-electron chi connectivity index (χ2n) is 3.93. The van der Waals surface area contributed by atoms with Crippen LogP contribution in [0.3, 0.4) is 0 Å². The van der Waals surface area contributed by atoms with Crippen LogP contribution >= 0.6 is 11.3 Å². The highest BCUT2D eigenvalue weighted by molar-refractivity contribution is 7.14. The molecule has 0 bridgehead atoms. The van der Waals surface area contributed by atoms with Gasteiger partial charge in [0.15, 0.2) is 5.84 Å². The summed E-state index contributed by atoms with van der Waals surface area (Å²) in [5, 5.41) is 3.46. The maximum absolute atomic E-state index is 5.59. The van der Waals surface area contributed by atoms with Crippen molar-refractivity contribution in [2.24, 2.45) is 16.7 Å². The van der Waals surface area contributed by atoms with Crippen molar-refractivity contribution < 1.29 is 0 Å². The minimum absolute atomic E-state index is 0.164. The van der Waals surface area contributed by atoms with Crippen LogP contribution in [0.25, 0.3) is 0 Å². The molecule has 72 valence electrons. The van der Waals surface area contributed by atoms with E-state index in [1.807, 2.05) is 6.07 Å². The highest BCUT2D eigenvalue weighted by Gasteiger charge is 2.16. The van der Waals surface area contributed by atoms with Crippen LogP contribution < -0.4 is 11.6 Å². The number of hydrogen-bond donors (Lipinski definition) is 2. The van der Waals surface area contributed by atoms with Crippen molar-refractivity contribution in [2.45, 2.75) is 26.2 Å². The van der Waals surface area contributed by atoms with Gasteiger partial charge in [0.1, 0.15) is 0 Å². The van der Waals surface area contributed by atoms with Gasteiger partial charge in [0.2, 0.25) is 0 Å². The van der Waals surface area contributed by atoms with Crippen molar-refractivity contribution >= 4 is 17.2 Å². The first-order valence-electron chi connectivity index (χ1n) is 4.09. The minimum Gasteiger partial charge on any atom is -0.381 e. The number of rotatable bonds is 1. The zero-order chi connectivity index (χ0) is 10.1. The summed E-state index contributed by atoms with van der Waals surface area (Å²) in [7, 11) is 0. The van der Waals surface area contributed by atoms with Crippen molar-refractivity contribution in [1.82, 2.24) is 0 Å². The molecule has 0 amide bonds. The Bertz CT molecular complexity index is 320. The van der Waals surface area contributed by atoms with Gasteiger partial charge in [-0.15, -0.1) is 11.3 Å². The lowest BCUT2D eigenvalue weighted by molar-refractivity contribution is 0.604. The molecule has 0 aromatic carbocycles. The van der Waals surface area contributed by atoms with Crippen LogP contribution in [0.2, 0.25) is 0 Å². The predicted molar refractivity (Wildman–Crippen MR) is 57.9 cm³/mol. The smallest absolute Gasteiger partial charge is 0.160 e. The Labute approximate surface area is 82.4 Å². The number of nitrogens with two attached hydrogens (primary N) is 2. The molecule has 1 rings (SSSR count). The fourth-order valence-corrected chi connectivity index (χ4v) is 1.91. The summed E-state index contributed by atoms with van der Waals surface area (Å²) in [5.41, 5.74) is 5.75. The first-order chi connectivity index (χ1) is 5.95. The topological polar surface area (TPSA) is 64.4 Å². The van der Waals surface area contributed by atoms with Gasteiger partial charge < -0.3 is 11.6 Å². The van der Waals surface area contributed by atoms with Gasteiger partial charge in [0.05, 0.1) is 4.88 Å². The molecule has 1 heterocycles. The molecular weight excluding hydrogens is 182 g/mol. The van der Waals surface area contributed by atoms with Crippen LogP contribution in [0.4, 0.5) is 0 Å². The lowest BCUT2D eigenvalue weighted by atomic mass is 9.95. The summed E-state index contributed by atoms with van der Waals surface area (Å²) in [5.74, 6) is 5.50. The monoisotopic (exact) mass is 197 g/mol. The number of thiophene rings is 1. The van der Waals surface area contributed by atoms with E-state index in [0.717, 1.165) is 4.88 Å². The SMILES string of the molecule is CC(C)(C)c1ccc(/C(N)=N/N)s1. The number of hydrogen-bond acceptors (Lipinski definition) is 3. The highest BCUT2D eigenvalue weighted by Crippen LogP contribution is 2.29. The Hall–Kier alpha value is -1.03. The average Bonchev–Trinajstić information content (AvgIpc) is 2.50. The molecule has 0 saturated carbocycles. The molecule has 1 aromatic rings. The molecule has 13 heavy (non-hydrogen) atoms. The van der Waals surface area contributed by atoms with Crippen molar-refractivity contribution in [3.63, 3.8) is 0 Å². The molecule has 3 nitrogen and oxygen atoms in total. The van der Waals surface area contributed by atoms with E-state index in [0.29, 0.717) is 5.84 Å². The van der Waals surface area contributed by atoms with Crippen LogP contribution in [0.1, 0.15) is 30.5 Å². The third kappa shape index (κ3) is 2.21. The predicted octanol–water partition coefficient (Wildman–Crippen LogP) is 1.62. The lowest BCUT2D eigenvalue weighted by Crippen LogP contribution is -2.13. The molecule has 0 aliphatic carbocycles. The zero-order valence-corrected chi connectivity index (χ0v) is 8.98. The first kappa shape index (κ1) is 10.1. The van der Waals surface area contributed by atoms with E-state index in [9.17, 15) is 0 Å². The van der Waals surface area contributed by atoms with Gasteiger partial charge in [-0.2, -0.15) is 5.10 Å². The van der Waals surface area contributed by atoms with Crippen molar-refractivity contribution in [3.8, 4) is 0 Å². The maximum atomic E-state index is 5.59. The summed E-state index contributed by atoms with van der Waals surface area (Å²) in [6.07, 6.45) is 0. The molecule has 1 aromatic heterocycles. The van der Waals surface area contributed by atoms with Crippen molar-refractivity contribution in [1.29, 1.82) is 0 Å². The fraction of sp³-hybridized carbons (Fsp3) is 0.444. The van der Waals surface area contributed by atoms with Crippen LogP contribution in [-0.4, -0.2) is 5.84 Å². The molecule has 0 radical (unpaired) electrons. The van der Waals surface area contributed by atoms with E-state index in [4.69, 9.17) is 11.6 Å². The van der Waals surface area contributed by atoms with E-state index in [1.54, 1.807) is 11.3 Å². The van der Waals surface area contributed by atoms with Crippen molar-refractivity contribution in [2.75, 3.05) is 0 Å². The average molecular weight is 197 g/mol. The van der Waals surface area contributed by atoms with E-state index in [1.165, 1.54) is 4.88 Å². The Morgan fingerprint density at radius 3 is 2.38 bits per heavy atom. The number of amidine groups is 1. The largest absolute Gasteiger partial charge is 0.381 e. The molecule has 0 atom stereocenters. The summed E-state index contributed by atoms with van der Waals surface area (Å²) in [6, 6.07) is 4.02. The van der Waals surface area contributed by atoms with Gasteiger partial charge in [-0.1, -0.05) is 20.8 Å². The first-order valence-corrected chi connectivity index (χ1v) is 4.91.